The molecule has 0 aliphatic rings. The topological polar surface area (TPSA) is 120 Å². The average Bonchev–Trinajstić information content (AvgIpc) is 3.07. The highest BCUT2D eigenvalue weighted by molar-refractivity contribution is 7.84. The van der Waals surface area contributed by atoms with Crippen LogP contribution in [0.25, 0.3) is 11.0 Å². The van der Waals surface area contributed by atoms with Gasteiger partial charge < -0.3 is 14.5 Å². The second-order valence-electron chi connectivity index (χ2n) is 5.85. The highest BCUT2D eigenvalue weighted by atomic mass is 32.2. The van der Waals surface area contributed by atoms with Crippen LogP contribution in [0.5, 0.6) is 11.5 Å². The summed E-state index contributed by atoms with van der Waals surface area (Å²) in [5.74, 6) is 0.895. The fourth-order valence-electron chi connectivity index (χ4n) is 2.88. The minimum absolute atomic E-state index is 0.0946. The number of fused-ring (bicyclic) bond motifs is 1. The molecule has 0 aliphatic carbocycles. The molecule has 0 radical (unpaired) electrons. The number of rotatable bonds is 6. The molecular weight excluding hydrogens is 372 g/mol. The molecule has 0 aliphatic heterocycles. The Balaban J connectivity index is 2.00. The van der Waals surface area contributed by atoms with Gasteiger partial charge in [0, 0.05) is 17.3 Å². The quantitative estimate of drug-likeness (QED) is 0.507. The Bertz CT molecular complexity index is 1060. The number of ether oxygens (including phenoxy) is 2. The van der Waals surface area contributed by atoms with Crippen molar-refractivity contribution in [3.63, 3.8) is 0 Å². The number of nitrogens with one attached hydrogen (secondary N) is 1. The molecule has 0 spiro atoms. The third-order valence-electron chi connectivity index (χ3n) is 4.20. The Morgan fingerprint density at radius 1 is 1.26 bits per heavy atom. The predicted octanol–water partition coefficient (Wildman–Crippen LogP) is 2.81. The van der Waals surface area contributed by atoms with Crippen LogP contribution in [0.4, 0.5) is 5.69 Å². The molecule has 27 heavy (non-hydrogen) atoms. The van der Waals surface area contributed by atoms with Crippen LogP contribution < -0.4 is 9.47 Å². The lowest BCUT2D eigenvalue weighted by atomic mass is 10.1. The highest BCUT2D eigenvalue weighted by Gasteiger charge is 2.24. The van der Waals surface area contributed by atoms with Crippen molar-refractivity contribution in [1.82, 2.24) is 15.0 Å². The normalized spacial score (nSPS) is 12.1. The number of pyridine rings is 1. The molecule has 3 aromatic rings. The summed E-state index contributed by atoms with van der Waals surface area (Å²) in [6.07, 6.45) is 1.66. The van der Waals surface area contributed by atoms with Crippen LogP contribution in [-0.2, 0) is 16.6 Å². The lowest BCUT2D eigenvalue weighted by Crippen LogP contribution is -2.05. The third kappa shape index (κ3) is 3.35. The number of hydrogen-bond donors (Lipinski definition) is 1. The zero-order chi connectivity index (χ0) is 19.7. The summed E-state index contributed by atoms with van der Waals surface area (Å²) in [6, 6.07) is 3.08. The molecule has 10 heteroatoms. The first-order valence-electron chi connectivity index (χ1n) is 7.95. The lowest BCUT2D eigenvalue weighted by molar-refractivity contribution is -0.384. The summed E-state index contributed by atoms with van der Waals surface area (Å²) in [4.78, 5) is 22.2. The van der Waals surface area contributed by atoms with Crippen molar-refractivity contribution in [3.8, 4) is 11.5 Å². The monoisotopic (exact) mass is 390 g/mol. The molecule has 1 unspecified atom stereocenters. The van der Waals surface area contributed by atoms with Crippen molar-refractivity contribution < 1.29 is 18.6 Å². The molecule has 0 bridgehead atoms. The minimum atomic E-state index is -1.57. The number of aryl methyl sites for hydroxylation is 1. The van der Waals surface area contributed by atoms with Gasteiger partial charge in [-0.1, -0.05) is 0 Å². The zero-order valence-corrected chi connectivity index (χ0v) is 16.0. The van der Waals surface area contributed by atoms with E-state index in [1.54, 1.807) is 19.4 Å². The second-order valence-corrected chi connectivity index (χ2v) is 7.21. The fourth-order valence-corrected chi connectivity index (χ4v) is 3.97. The molecule has 2 aromatic heterocycles. The van der Waals surface area contributed by atoms with Gasteiger partial charge in [0.1, 0.15) is 5.75 Å². The van der Waals surface area contributed by atoms with Crippen LogP contribution in [0.3, 0.4) is 0 Å². The highest BCUT2D eigenvalue weighted by Crippen LogP contribution is 2.34. The number of nitro groups is 1. The van der Waals surface area contributed by atoms with Gasteiger partial charge in [0.25, 0.3) is 0 Å². The van der Waals surface area contributed by atoms with Crippen molar-refractivity contribution in [2.24, 2.45) is 0 Å². The Labute approximate surface area is 157 Å². The molecule has 3 rings (SSSR count). The minimum Gasteiger partial charge on any atom is -0.496 e. The molecule has 142 valence electrons. The maximum Gasteiger partial charge on any atom is 0.338 e. The Hall–Kier alpha value is -3.01. The van der Waals surface area contributed by atoms with Crippen molar-refractivity contribution in [2.45, 2.75) is 24.8 Å². The Morgan fingerprint density at radius 2 is 2.00 bits per heavy atom. The van der Waals surface area contributed by atoms with Gasteiger partial charge in [-0.2, -0.15) is 0 Å². The molecule has 0 fully saturated rings. The maximum absolute atomic E-state index is 12.8. The van der Waals surface area contributed by atoms with E-state index in [-0.39, 0.29) is 27.9 Å². The fraction of sp³-hybridized carbons (Fsp3) is 0.294. The van der Waals surface area contributed by atoms with Crippen LogP contribution in [0, 0.1) is 24.0 Å². The van der Waals surface area contributed by atoms with Gasteiger partial charge >= 0.3 is 5.69 Å². The number of benzene rings is 1. The summed E-state index contributed by atoms with van der Waals surface area (Å²) in [5, 5.41) is 11.5. The van der Waals surface area contributed by atoms with E-state index < -0.39 is 15.7 Å². The van der Waals surface area contributed by atoms with E-state index in [2.05, 4.69) is 15.0 Å². The van der Waals surface area contributed by atoms with Gasteiger partial charge in [-0.25, -0.2) is 4.98 Å². The van der Waals surface area contributed by atoms with E-state index in [9.17, 15) is 14.3 Å². The summed E-state index contributed by atoms with van der Waals surface area (Å²) in [5.41, 5.74) is 2.56. The molecule has 1 atom stereocenters. The van der Waals surface area contributed by atoms with Crippen molar-refractivity contribution in [3.05, 3.63) is 45.3 Å². The van der Waals surface area contributed by atoms with Crippen LogP contribution in [0.2, 0.25) is 0 Å². The van der Waals surface area contributed by atoms with Crippen molar-refractivity contribution in [2.75, 3.05) is 14.2 Å². The second kappa shape index (κ2) is 7.31. The van der Waals surface area contributed by atoms with E-state index >= 15 is 0 Å². The number of imidazole rings is 1. The number of nitro benzene ring substituents is 1. The number of methoxy groups -OCH3 is 2. The van der Waals surface area contributed by atoms with Gasteiger partial charge in [-0.3, -0.25) is 19.3 Å². The first-order valence-corrected chi connectivity index (χ1v) is 9.27. The summed E-state index contributed by atoms with van der Waals surface area (Å²) in [6.45, 7) is 3.73. The number of H-pyrrole nitrogens is 1. The van der Waals surface area contributed by atoms with Crippen LogP contribution in [0.15, 0.2) is 23.5 Å². The molecule has 9 nitrogen and oxygen atoms in total. The van der Waals surface area contributed by atoms with Crippen molar-refractivity contribution >= 4 is 27.5 Å². The molecule has 0 saturated heterocycles. The summed E-state index contributed by atoms with van der Waals surface area (Å²) < 4.78 is 23.2. The lowest BCUT2D eigenvalue weighted by Gasteiger charge is -2.11. The average molecular weight is 390 g/mol. The van der Waals surface area contributed by atoms with Gasteiger partial charge in [-0.15, -0.1) is 0 Å². The first-order chi connectivity index (χ1) is 12.9. The largest absolute Gasteiger partial charge is 0.496 e. The molecule has 0 amide bonds. The molecule has 1 N–H and O–H groups in total. The van der Waals surface area contributed by atoms with Gasteiger partial charge in [0.05, 0.1) is 46.9 Å². The van der Waals surface area contributed by atoms with Crippen LogP contribution >= 0.6 is 0 Å². The third-order valence-corrected chi connectivity index (χ3v) is 5.37. The molecule has 2 heterocycles. The molecular formula is C17H18N4O5S. The standard InChI is InChI=1S/C17H18N4O5S/c1-9-7-18-12(10(2)16(9)26-4)8-27(24)17-19-11-5-6-13(25-3)15(21(22)23)14(11)20-17/h5-7H,8H2,1-4H3,(H,19,20). The molecule has 1 aromatic carbocycles. The van der Waals surface area contributed by atoms with E-state index in [0.717, 1.165) is 11.1 Å². The smallest absolute Gasteiger partial charge is 0.338 e. The van der Waals surface area contributed by atoms with Gasteiger partial charge in [0.2, 0.25) is 0 Å². The number of hydrogen-bond acceptors (Lipinski definition) is 7. The SMILES string of the molecule is COc1ccc2[nH]c(S(=O)Cc3ncc(C)c(OC)c3C)nc2c1[N+](=O)[O-]. The van der Waals surface area contributed by atoms with E-state index in [0.29, 0.717) is 17.0 Å². The summed E-state index contributed by atoms with van der Waals surface area (Å²) >= 11 is 0. The Morgan fingerprint density at radius 3 is 2.63 bits per heavy atom. The number of aromatic nitrogens is 3. The van der Waals surface area contributed by atoms with Gasteiger partial charge in [0.15, 0.2) is 16.4 Å². The van der Waals surface area contributed by atoms with E-state index in [4.69, 9.17) is 9.47 Å². The number of nitrogens with zero attached hydrogens (tertiary/aromatic N) is 3. The Kier molecular flexibility index (Phi) is 5.08. The first kappa shape index (κ1) is 18.8. The zero-order valence-electron chi connectivity index (χ0n) is 15.2. The van der Waals surface area contributed by atoms with E-state index in [1.165, 1.54) is 13.2 Å². The maximum atomic E-state index is 12.8. The van der Waals surface area contributed by atoms with Gasteiger partial charge in [-0.05, 0) is 26.0 Å². The number of aromatic amines is 1. The van der Waals surface area contributed by atoms with Crippen LogP contribution in [0.1, 0.15) is 16.8 Å². The van der Waals surface area contributed by atoms with E-state index in [1.807, 2.05) is 13.8 Å². The predicted molar refractivity (Wildman–Crippen MR) is 99.7 cm³/mol. The van der Waals surface area contributed by atoms with Crippen LogP contribution in [-0.4, -0.2) is 38.3 Å². The summed E-state index contributed by atoms with van der Waals surface area (Å²) in [7, 11) is 1.35. The van der Waals surface area contributed by atoms with Crippen molar-refractivity contribution in [1.29, 1.82) is 0 Å². The molecule has 0 saturated carbocycles.